The van der Waals surface area contributed by atoms with Crippen LogP contribution < -0.4 is 5.32 Å². The molecule has 0 saturated carbocycles. The number of rotatable bonds is 7. The zero-order valence-corrected chi connectivity index (χ0v) is 22.0. The summed E-state index contributed by atoms with van der Waals surface area (Å²) in [5, 5.41) is 14.7. The highest BCUT2D eigenvalue weighted by Gasteiger charge is 2.29. The summed E-state index contributed by atoms with van der Waals surface area (Å²) in [5.41, 5.74) is 2.13. The monoisotopic (exact) mass is 557 g/mol. The lowest BCUT2D eigenvalue weighted by atomic mass is 10.1. The highest BCUT2D eigenvalue weighted by Crippen LogP contribution is 2.33. The highest BCUT2D eigenvalue weighted by atomic mass is 35.5. The largest absolute Gasteiger partial charge is 0.444 e. The minimum absolute atomic E-state index is 0.00111. The number of nitrogens with one attached hydrogen (secondary N) is 1. The summed E-state index contributed by atoms with van der Waals surface area (Å²) in [6.45, 7) is 1.71. The first-order valence-electron chi connectivity index (χ1n) is 11.8. The van der Waals surface area contributed by atoms with Crippen molar-refractivity contribution in [2.24, 2.45) is 0 Å². The summed E-state index contributed by atoms with van der Waals surface area (Å²) in [6, 6.07) is 25.2. The number of para-hydroxylation sites is 1. The molecule has 10 heteroatoms. The molecule has 0 spiro atoms. The predicted molar refractivity (Wildman–Crippen MR) is 151 cm³/mol. The molecule has 8 nitrogen and oxygen atoms in total. The number of nitro groups is 1. The number of amides is 1. The molecule has 0 aliphatic carbocycles. The number of pyridine rings is 1. The number of fused-ring (bicyclic) bond motifs is 1. The molecule has 39 heavy (non-hydrogen) atoms. The van der Waals surface area contributed by atoms with Crippen molar-refractivity contribution in [1.29, 1.82) is 0 Å². The van der Waals surface area contributed by atoms with Crippen molar-refractivity contribution in [1.82, 2.24) is 4.98 Å². The van der Waals surface area contributed by atoms with Gasteiger partial charge >= 0.3 is 5.97 Å². The Kier molecular flexibility index (Phi) is 7.36. The third kappa shape index (κ3) is 5.64. The van der Waals surface area contributed by atoms with Crippen LogP contribution in [0.15, 0.2) is 91.0 Å². The van der Waals surface area contributed by atoms with E-state index in [1.807, 2.05) is 12.1 Å². The van der Waals surface area contributed by atoms with E-state index in [0.717, 1.165) is 4.88 Å². The van der Waals surface area contributed by atoms with Crippen molar-refractivity contribution >= 4 is 57.1 Å². The van der Waals surface area contributed by atoms with Gasteiger partial charge in [0, 0.05) is 17.0 Å². The number of halogens is 1. The van der Waals surface area contributed by atoms with Gasteiger partial charge in [0.1, 0.15) is 5.69 Å². The maximum atomic E-state index is 13.6. The van der Waals surface area contributed by atoms with E-state index >= 15 is 0 Å². The van der Waals surface area contributed by atoms with Crippen LogP contribution in [0.5, 0.6) is 0 Å². The molecule has 1 amide bonds. The third-order valence-electron chi connectivity index (χ3n) is 5.93. The Balaban J connectivity index is 1.53. The Morgan fingerprint density at radius 2 is 1.74 bits per heavy atom. The molecule has 3 aromatic carbocycles. The van der Waals surface area contributed by atoms with Gasteiger partial charge in [-0.25, -0.2) is 9.78 Å². The van der Waals surface area contributed by atoms with E-state index < -0.39 is 22.9 Å². The van der Waals surface area contributed by atoms with E-state index in [1.165, 1.54) is 23.5 Å². The lowest BCUT2D eigenvalue weighted by Gasteiger charge is -2.19. The number of carbonyl (C=O) groups excluding carboxylic acids is 2. The lowest BCUT2D eigenvalue weighted by Crippen LogP contribution is -2.26. The molecule has 0 unspecified atom stereocenters. The molecule has 194 valence electrons. The first-order valence-corrected chi connectivity index (χ1v) is 13.0. The van der Waals surface area contributed by atoms with Gasteiger partial charge in [-0.2, -0.15) is 0 Å². The fourth-order valence-corrected chi connectivity index (χ4v) is 5.09. The first kappa shape index (κ1) is 26.0. The maximum Gasteiger partial charge on any atom is 0.340 e. The molecule has 2 heterocycles. The number of ether oxygens (including phenoxy) is 1. The molecule has 0 bridgehead atoms. The average molecular weight is 558 g/mol. The number of esters is 1. The van der Waals surface area contributed by atoms with Crippen molar-refractivity contribution in [3.8, 4) is 10.6 Å². The predicted octanol–water partition coefficient (Wildman–Crippen LogP) is 7.37. The number of hydrogen-bond acceptors (Lipinski definition) is 7. The van der Waals surface area contributed by atoms with E-state index in [0.29, 0.717) is 32.1 Å². The number of benzene rings is 3. The van der Waals surface area contributed by atoms with Gasteiger partial charge in [-0.1, -0.05) is 66.2 Å². The Bertz CT molecular complexity index is 1720. The molecule has 0 fully saturated rings. The molecule has 1 atom stereocenters. The molecule has 1 N–H and O–H groups in total. The number of thiophene rings is 1. The van der Waals surface area contributed by atoms with Gasteiger partial charge in [0.05, 0.1) is 30.9 Å². The van der Waals surface area contributed by atoms with E-state index in [-0.39, 0.29) is 16.9 Å². The van der Waals surface area contributed by atoms with Crippen LogP contribution in [-0.4, -0.2) is 21.8 Å². The fourth-order valence-electron chi connectivity index (χ4n) is 4.09. The highest BCUT2D eigenvalue weighted by molar-refractivity contribution is 7.19. The van der Waals surface area contributed by atoms with Gasteiger partial charge in [0.2, 0.25) is 6.10 Å². The second-order valence-corrected chi connectivity index (χ2v) is 10.4. The van der Waals surface area contributed by atoms with Crippen molar-refractivity contribution in [2.45, 2.75) is 13.0 Å². The standard InChI is InChI=1S/C29H20ClN3O5S/c1-17-11-12-22(24(15-17)33(36)37)32-28(34)27(18-7-3-2-4-8-18)38-29(35)20-16-23(25-13-14-26(30)39-25)31-21-10-6-5-9-19(20)21/h2-16,27H,1H3,(H,32,34)/t27-/m0/s1. The van der Waals surface area contributed by atoms with E-state index in [4.69, 9.17) is 16.3 Å². The van der Waals surface area contributed by atoms with Crippen LogP contribution in [0.1, 0.15) is 27.6 Å². The SMILES string of the molecule is Cc1ccc(NC(=O)[C@@H](OC(=O)c2cc(-c3ccc(Cl)s3)nc3ccccc23)c2ccccc2)c([N+](=O)[O-])c1. The smallest absolute Gasteiger partial charge is 0.340 e. The van der Waals surface area contributed by atoms with Gasteiger partial charge in [-0.05, 0) is 42.8 Å². The number of carbonyl (C=O) groups is 2. The van der Waals surface area contributed by atoms with Crippen LogP contribution >= 0.6 is 22.9 Å². The average Bonchev–Trinajstić information content (AvgIpc) is 3.38. The quantitative estimate of drug-likeness (QED) is 0.127. The van der Waals surface area contributed by atoms with Gasteiger partial charge in [-0.15, -0.1) is 11.3 Å². The number of aromatic nitrogens is 1. The number of nitro benzene ring substituents is 1. The molecule has 2 aromatic heterocycles. The first-order chi connectivity index (χ1) is 18.8. The Morgan fingerprint density at radius 1 is 1.00 bits per heavy atom. The molecule has 5 rings (SSSR count). The maximum absolute atomic E-state index is 13.6. The zero-order chi connectivity index (χ0) is 27.5. The number of hydrogen-bond donors (Lipinski definition) is 1. The van der Waals surface area contributed by atoms with Crippen LogP contribution in [0, 0.1) is 17.0 Å². The third-order valence-corrected chi connectivity index (χ3v) is 7.19. The van der Waals surface area contributed by atoms with Crippen LogP contribution in [0.2, 0.25) is 4.34 Å². The molecule has 5 aromatic rings. The summed E-state index contributed by atoms with van der Waals surface area (Å²) in [6.07, 6.45) is -1.38. The molecular formula is C29H20ClN3O5S. The number of aryl methyl sites for hydroxylation is 1. The summed E-state index contributed by atoms with van der Waals surface area (Å²) >= 11 is 7.44. The van der Waals surface area contributed by atoms with Gasteiger partial charge in [0.25, 0.3) is 11.6 Å². The van der Waals surface area contributed by atoms with Crippen molar-refractivity contribution in [2.75, 3.05) is 5.32 Å². The second-order valence-electron chi connectivity index (χ2n) is 8.64. The second kappa shape index (κ2) is 11.0. The Labute approximate surface area is 232 Å². The van der Waals surface area contributed by atoms with E-state index in [2.05, 4.69) is 10.3 Å². The van der Waals surface area contributed by atoms with Gasteiger partial charge in [-0.3, -0.25) is 14.9 Å². The summed E-state index contributed by atoms with van der Waals surface area (Å²) in [4.78, 5) is 43.5. The summed E-state index contributed by atoms with van der Waals surface area (Å²) in [7, 11) is 0. The van der Waals surface area contributed by atoms with Crippen molar-refractivity contribution in [3.63, 3.8) is 0 Å². The van der Waals surface area contributed by atoms with Gasteiger partial charge < -0.3 is 10.1 Å². The molecular weight excluding hydrogens is 538 g/mol. The van der Waals surface area contributed by atoms with Gasteiger partial charge in [0.15, 0.2) is 0 Å². The Hall–Kier alpha value is -4.60. The van der Waals surface area contributed by atoms with Crippen LogP contribution in [-0.2, 0) is 9.53 Å². The minimum Gasteiger partial charge on any atom is -0.444 e. The topological polar surface area (TPSA) is 111 Å². The van der Waals surface area contributed by atoms with Crippen molar-refractivity contribution in [3.05, 3.63) is 122 Å². The van der Waals surface area contributed by atoms with E-state index in [1.54, 1.807) is 73.7 Å². The normalized spacial score (nSPS) is 11.6. The molecule has 0 radical (unpaired) electrons. The molecule has 0 aliphatic heterocycles. The van der Waals surface area contributed by atoms with Crippen LogP contribution in [0.25, 0.3) is 21.5 Å². The van der Waals surface area contributed by atoms with Crippen molar-refractivity contribution < 1.29 is 19.2 Å². The van der Waals surface area contributed by atoms with Crippen LogP contribution in [0.4, 0.5) is 11.4 Å². The summed E-state index contributed by atoms with van der Waals surface area (Å²) < 4.78 is 6.39. The minimum atomic E-state index is -1.38. The van der Waals surface area contributed by atoms with Crippen LogP contribution in [0.3, 0.4) is 0 Å². The lowest BCUT2D eigenvalue weighted by molar-refractivity contribution is -0.384. The molecule has 0 aliphatic rings. The fraction of sp³-hybridized carbons (Fsp3) is 0.0690. The van der Waals surface area contributed by atoms with E-state index in [9.17, 15) is 19.7 Å². The molecule has 0 saturated heterocycles. The number of anilines is 1. The number of nitrogens with zero attached hydrogens (tertiary/aromatic N) is 2. The Morgan fingerprint density at radius 3 is 2.46 bits per heavy atom. The summed E-state index contributed by atoms with van der Waals surface area (Å²) in [5.74, 6) is -1.48. The zero-order valence-electron chi connectivity index (χ0n) is 20.5.